The van der Waals surface area contributed by atoms with Gasteiger partial charge in [-0.25, -0.2) is 8.78 Å². The van der Waals surface area contributed by atoms with Crippen molar-refractivity contribution in [1.82, 2.24) is 20.0 Å². The van der Waals surface area contributed by atoms with Crippen LogP contribution in [0.1, 0.15) is 24.2 Å². The van der Waals surface area contributed by atoms with Crippen molar-refractivity contribution >= 4 is 28.6 Å². The number of carbonyl (C=O) groups is 1. The normalized spacial score (nSPS) is 11.6. The molecule has 30 heavy (non-hydrogen) atoms. The Labute approximate surface area is 179 Å². The topological polar surface area (TPSA) is 50.2 Å². The second-order valence-electron chi connectivity index (χ2n) is 7.86. The fourth-order valence-corrected chi connectivity index (χ4v) is 4.00. The summed E-state index contributed by atoms with van der Waals surface area (Å²) in [5, 5.41) is 8.23. The first-order chi connectivity index (χ1) is 14.2. The summed E-state index contributed by atoms with van der Waals surface area (Å²) < 4.78 is 29.4. The van der Waals surface area contributed by atoms with Gasteiger partial charge in [-0.15, -0.1) is 0 Å². The molecule has 0 fully saturated rings. The highest BCUT2D eigenvalue weighted by Crippen LogP contribution is 2.35. The van der Waals surface area contributed by atoms with Gasteiger partial charge >= 0.3 is 0 Å². The van der Waals surface area contributed by atoms with E-state index in [0.717, 1.165) is 35.3 Å². The van der Waals surface area contributed by atoms with Gasteiger partial charge in [-0.2, -0.15) is 5.10 Å². The Morgan fingerprint density at radius 3 is 2.63 bits per heavy atom. The maximum atomic E-state index is 14.2. The van der Waals surface area contributed by atoms with Crippen LogP contribution in [0, 0.1) is 17.6 Å². The third kappa shape index (κ3) is 5.37. The van der Waals surface area contributed by atoms with Crippen molar-refractivity contribution in [2.75, 3.05) is 27.2 Å². The summed E-state index contributed by atoms with van der Waals surface area (Å²) in [7, 11) is 3.86. The average molecular weight is 433 g/mol. The largest absolute Gasteiger partial charge is 0.351 e. The summed E-state index contributed by atoms with van der Waals surface area (Å²) >= 11 is 1.11. The number of amides is 1. The van der Waals surface area contributed by atoms with Gasteiger partial charge in [0.25, 0.3) is 5.91 Å². The van der Waals surface area contributed by atoms with Crippen molar-refractivity contribution < 1.29 is 13.6 Å². The molecule has 5 nitrogen and oxygen atoms in total. The standard InChI is InChI=1S/C22H26F2N4OS/c1-14(2)13-28-19-11-17(22(29)25-7-8-27(3)4)21(9-15(19)12-26-28)30-20-6-5-16(23)10-18(20)24/h5-6,9-12,14H,7-8,13H2,1-4H3,(H,25,29). The van der Waals surface area contributed by atoms with E-state index < -0.39 is 11.6 Å². The monoisotopic (exact) mass is 432 g/mol. The van der Waals surface area contributed by atoms with Crippen LogP contribution in [0.2, 0.25) is 0 Å². The van der Waals surface area contributed by atoms with E-state index in [0.29, 0.717) is 29.5 Å². The predicted octanol–water partition coefficient (Wildman–Crippen LogP) is 4.41. The van der Waals surface area contributed by atoms with Crippen molar-refractivity contribution in [3.63, 3.8) is 0 Å². The summed E-state index contributed by atoms with van der Waals surface area (Å²) in [6.45, 7) is 6.12. The zero-order chi connectivity index (χ0) is 21.8. The molecule has 160 valence electrons. The molecule has 0 aliphatic carbocycles. The molecule has 0 saturated heterocycles. The van der Waals surface area contributed by atoms with Crippen LogP contribution in [0.4, 0.5) is 8.78 Å². The number of halogens is 2. The van der Waals surface area contributed by atoms with Crippen molar-refractivity contribution in [2.45, 2.75) is 30.2 Å². The second-order valence-corrected chi connectivity index (χ2v) is 8.95. The summed E-state index contributed by atoms with van der Waals surface area (Å²) in [6, 6.07) is 7.09. The summed E-state index contributed by atoms with van der Waals surface area (Å²) in [4.78, 5) is 15.8. The Morgan fingerprint density at radius 2 is 1.97 bits per heavy atom. The van der Waals surface area contributed by atoms with Gasteiger partial charge in [-0.05, 0) is 44.3 Å². The number of fused-ring (bicyclic) bond motifs is 1. The highest BCUT2D eigenvalue weighted by Gasteiger charge is 2.18. The van der Waals surface area contributed by atoms with Gasteiger partial charge in [0.05, 0.1) is 17.3 Å². The third-order valence-corrected chi connectivity index (χ3v) is 5.59. The molecule has 3 aromatic rings. The van der Waals surface area contributed by atoms with Crippen molar-refractivity contribution in [3.8, 4) is 0 Å². The Bertz CT molecular complexity index is 1050. The molecule has 0 bridgehead atoms. The molecular formula is C22H26F2N4OS. The smallest absolute Gasteiger partial charge is 0.252 e. The second kappa shape index (κ2) is 9.57. The van der Waals surface area contributed by atoms with Gasteiger partial charge in [0.1, 0.15) is 11.6 Å². The van der Waals surface area contributed by atoms with E-state index in [1.807, 2.05) is 29.7 Å². The lowest BCUT2D eigenvalue weighted by Crippen LogP contribution is -2.31. The number of hydrogen-bond donors (Lipinski definition) is 1. The Kier molecular flexibility index (Phi) is 7.10. The van der Waals surface area contributed by atoms with Gasteiger partial charge in [0.15, 0.2) is 0 Å². The zero-order valence-corrected chi connectivity index (χ0v) is 18.4. The number of hydrogen-bond acceptors (Lipinski definition) is 4. The minimum atomic E-state index is -0.658. The molecule has 1 aromatic heterocycles. The van der Waals surface area contributed by atoms with E-state index in [1.165, 1.54) is 12.1 Å². The van der Waals surface area contributed by atoms with Crippen LogP contribution in [0.5, 0.6) is 0 Å². The van der Waals surface area contributed by atoms with Crippen LogP contribution in [0.15, 0.2) is 46.3 Å². The lowest BCUT2D eigenvalue weighted by atomic mass is 10.1. The van der Waals surface area contributed by atoms with Gasteiger partial charge in [-0.1, -0.05) is 25.6 Å². The van der Waals surface area contributed by atoms with E-state index in [2.05, 4.69) is 24.3 Å². The van der Waals surface area contributed by atoms with Crippen LogP contribution in [0.25, 0.3) is 10.9 Å². The van der Waals surface area contributed by atoms with Crippen LogP contribution in [0.3, 0.4) is 0 Å². The van der Waals surface area contributed by atoms with Gasteiger partial charge in [-0.3, -0.25) is 9.48 Å². The molecule has 1 amide bonds. The first kappa shape index (κ1) is 22.2. The fourth-order valence-electron chi connectivity index (χ4n) is 3.02. The van der Waals surface area contributed by atoms with Crippen molar-refractivity contribution in [1.29, 1.82) is 0 Å². The SMILES string of the molecule is CC(C)Cn1ncc2cc(Sc3ccc(F)cc3F)c(C(=O)NCCN(C)C)cc21. The molecule has 2 aromatic carbocycles. The minimum absolute atomic E-state index is 0.235. The number of likely N-dealkylation sites (N-methyl/N-ethyl adjacent to an activating group) is 1. The molecule has 1 heterocycles. The lowest BCUT2D eigenvalue weighted by molar-refractivity contribution is 0.0948. The zero-order valence-electron chi connectivity index (χ0n) is 17.6. The summed E-state index contributed by atoms with van der Waals surface area (Å²) in [5.74, 6) is -1.13. The van der Waals surface area contributed by atoms with E-state index in [-0.39, 0.29) is 10.8 Å². The van der Waals surface area contributed by atoms with Gasteiger partial charge in [0, 0.05) is 40.9 Å². The highest BCUT2D eigenvalue weighted by atomic mass is 32.2. The predicted molar refractivity (Wildman–Crippen MR) is 116 cm³/mol. The number of benzene rings is 2. The molecule has 0 spiro atoms. The average Bonchev–Trinajstić information content (AvgIpc) is 3.04. The van der Waals surface area contributed by atoms with Crippen LogP contribution in [-0.2, 0) is 6.54 Å². The van der Waals surface area contributed by atoms with E-state index in [1.54, 1.807) is 12.3 Å². The Balaban J connectivity index is 2.01. The molecule has 3 rings (SSSR count). The Morgan fingerprint density at radius 1 is 1.20 bits per heavy atom. The molecule has 0 aliphatic rings. The lowest BCUT2D eigenvalue weighted by Gasteiger charge is -2.14. The van der Waals surface area contributed by atoms with Crippen LogP contribution >= 0.6 is 11.8 Å². The summed E-state index contributed by atoms with van der Waals surface area (Å²) in [5.41, 5.74) is 1.30. The minimum Gasteiger partial charge on any atom is -0.351 e. The number of nitrogens with zero attached hydrogens (tertiary/aromatic N) is 3. The Hall–Kier alpha value is -2.45. The van der Waals surface area contributed by atoms with Crippen molar-refractivity contribution in [2.24, 2.45) is 5.92 Å². The molecule has 0 radical (unpaired) electrons. The molecule has 0 unspecified atom stereocenters. The number of aromatic nitrogens is 2. The maximum absolute atomic E-state index is 14.2. The molecule has 0 aliphatic heterocycles. The molecule has 8 heteroatoms. The first-order valence-electron chi connectivity index (χ1n) is 9.80. The molecule has 0 atom stereocenters. The number of carbonyl (C=O) groups excluding carboxylic acids is 1. The van der Waals surface area contributed by atoms with Crippen LogP contribution in [-0.4, -0.2) is 47.8 Å². The van der Waals surface area contributed by atoms with Gasteiger partial charge < -0.3 is 10.2 Å². The first-order valence-corrected chi connectivity index (χ1v) is 10.6. The van der Waals surface area contributed by atoms with Crippen LogP contribution < -0.4 is 5.32 Å². The quantitative estimate of drug-likeness (QED) is 0.573. The van der Waals surface area contributed by atoms with Crippen molar-refractivity contribution in [3.05, 3.63) is 53.7 Å². The molecule has 0 saturated carbocycles. The molecular weight excluding hydrogens is 406 g/mol. The highest BCUT2D eigenvalue weighted by molar-refractivity contribution is 7.99. The maximum Gasteiger partial charge on any atom is 0.252 e. The number of nitrogens with one attached hydrogen (secondary N) is 1. The molecule has 1 N–H and O–H groups in total. The van der Waals surface area contributed by atoms with E-state index >= 15 is 0 Å². The van der Waals surface area contributed by atoms with E-state index in [4.69, 9.17) is 0 Å². The summed E-state index contributed by atoms with van der Waals surface area (Å²) in [6.07, 6.45) is 1.75. The third-order valence-electron chi connectivity index (χ3n) is 4.48. The van der Waals surface area contributed by atoms with Gasteiger partial charge in [0.2, 0.25) is 0 Å². The van der Waals surface area contributed by atoms with E-state index in [9.17, 15) is 13.6 Å². The number of rotatable bonds is 8. The fraction of sp³-hybridized carbons (Fsp3) is 0.364.